The normalized spacial score (nSPS) is 10.9. The van der Waals surface area contributed by atoms with E-state index in [-0.39, 0.29) is 0 Å². The summed E-state index contributed by atoms with van der Waals surface area (Å²) in [5.74, 6) is 2.85. The van der Waals surface area contributed by atoms with Gasteiger partial charge in [0.25, 0.3) is 0 Å². The lowest BCUT2D eigenvalue weighted by atomic mass is 10.1. The molecular weight excluding hydrogens is 342 g/mol. The third kappa shape index (κ3) is 4.28. The summed E-state index contributed by atoms with van der Waals surface area (Å²) in [7, 11) is 2.02. The quantitative estimate of drug-likeness (QED) is 0.437. The summed E-state index contributed by atoms with van der Waals surface area (Å²) in [6.07, 6.45) is 0.963. The highest BCUT2D eigenvalue weighted by Crippen LogP contribution is 2.25. The monoisotopic (exact) mass is 367 g/mol. The van der Waals surface area contributed by atoms with Crippen molar-refractivity contribution >= 4 is 11.8 Å². The fraction of sp³-hybridized carbons (Fsp3) is 0.333. The Bertz CT molecular complexity index is 889. The van der Waals surface area contributed by atoms with Crippen LogP contribution in [0.15, 0.2) is 47.6 Å². The summed E-state index contributed by atoms with van der Waals surface area (Å²) < 4.78 is 7.99. The van der Waals surface area contributed by atoms with E-state index in [0.717, 1.165) is 34.5 Å². The third-order valence-electron chi connectivity index (χ3n) is 4.34. The van der Waals surface area contributed by atoms with Gasteiger partial charge in [-0.05, 0) is 49.9 Å². The van der Waals surface area contributed by atoms with Crippen LogP contribution in [0.1, 0.15) is 23.1 Å². The Balaban J connectivity index is 1.53. The zero-order valence-corrected chi connectivity index (χ0v) is 16.6. The minimum absolute atomic E-state index is 0.708. The van der Waals surface area contributed by atoms with Gasteiger partial charge in [-0.2, -0.15) is 0 Å². The second-order valence-corrected chi connectivity index (χ2v) is 7.56. The smallest absolute Gasteiger partial charge is 0.191 e. The Morgan fingerprint density at radius 3 is 2.62 bits per heavy atom. The number of aromatic nitrogens is 3. The van der Waals surface area contributed by atoms with Crippen LogP contribution in [0, 0.1) is 20.8 Å². The molecule has 0 unspecified atom stereocenters. The van der Waals surface area contributed by atoms with E-state index in [4.69, 9.17) is 4.74 Å². The topological polar surface area (TPSA) is 39.9 Å². The summed E-state index contributed by atoms with van der Waals surface area (Å²) in [6.45, 7) is 6.97. The average molecular weight is 368 g/mol. The Labute approximate surface area is 159 Å². The molecule has 136 valence electrons. The Hall–Kier alpha value is -2.27. The fourth-order valence-corrected chi connectivity index (χ4v) is 3.59. The zero-order chi connectivity index (χ0) is 18.5. The Morgan fingerprint density at radius 2 is 1.81 bits per heavy atom. The number of ether oxygens (including phenoxy) is 1. The van der Waals surface area contributed by atoms with Gasteiger partial charge in [-0.1, -0.05) is 48.2 Å². The van der Waals surface area contributed by atoms with Crippen LogP contribution in [-0.4, -0.2) is 27.1 Å². The minimum atomic E-state index is 0.708. The first kappa shape index (κ1) is 18.5. The second kappa shape index (κ2) is 8.41. The molecule has 3 aromatic rings. The van der Waals surface area contributed by atoms with E-state index in [1.807, 2.05) is 19.2 Å². The van der Waals surface area contributed by atoms with Gasteiger partial charge in [-0.15, -0.1) is 10.2 Å². The molecular formula is C21H25N3OS. The highest BCUT2D eigenvalue weighted by atomic mass is 32.2. The minimum Gasteiger partial charge on any atom is -0.493 e. The lowest BCUT2D eigenvalue weighted by molar-refractivity contribution is 0.316. The summed E-state index contributed by atoms with van der Waals surface area (Å²) in [4.78, 5) is 0. The molecule has 5 heteroatoms. The molecule has 0 fully saturated rings. The molecule has 0 aliphatic carbocycles. The molecule has 1 heterocycles. The molecule has 4 nitrogen and oxygen atoms in total. The summed E-state index contributed by atoms with van der Waals surface area (Å²) >= 11 is 1.72. The van der Waals surface area contributed by atoms with Crippen molar-refractivity contribution in [3.8, 4) is 17.1 Å². The van der Waals surface area contributed by atoms with Gasteiger partial charge in [0, 0.05) is 18.4 Å². The molecule has 26 heavy (non-hydrogen) atoms. The van der Waals surface area contributed by atoms with Crippen LogP contribution >= 0.6 is 11.8 Å². The van der Waals surface area contributed by atoms with Gasteiger partial charge in [0.1, 0.15) is 5.75 Å². The van der Waals surface area contributed by atoms with Crippen molar-refractivity contribution in [3.05, 3.63) is 59.2 Å². The van der Waals surface area contributed by atoms with Gasteiger partial charge >= 0.3 is 0 Å². The standard InChI is InChI=1S/C21H25N3OS/c1-15-10-11-17(3)19(14-15)25-12-7-13-26-21-23-22-20(24(21)4)18-9-6-5-8-16(18)2/h5-6,8-11,14H,7,12-13H2,1-4H3. The van der Waals surface area contributed by atoms with Crippen LogP contribution in [-0.2, 0) is 7.05 Å². The van der Waals surface area contributed by atoms with Crippen molar-refractivity contribution in [1.29, 1.82) is 0 Å². The fourth-order valence-electron chi connectivity index (χ4n) is 2.77. The van der Waals surface area contributed by atoms with E-state index in [9.17, 15) is 0 Å². The van der Waals surface area contributed by atoms with Gasteiger partial charge in [0.05, 0.1) is 6.61 Å². The van der Waals surface area contributed by atoms with Crippen LogP contribution < -0.4 is 4.74 Å². The van der Waals surface area contributed by atoms with Crippen molar-refractivity contribution < 1.29 is 4.74 Å². The SMILES string of the molecule is Cc1ccc(C)c(OCCCSc2nnc(-c3ccccc3C)n2C)c1. The second-order valence-electron chi connectivity index (χ2n) is 6.50. The molecule has 1 aromatic heterocycles. The van der Waals surface area contributed by atoms with Crippen LogP contribution in [0.25, 0.3) is 11.4 Å². The van der Waals surface area contributed by atoms with Crippen molar-refractivity contribution in [1.82, 2.24) is 14.8 Å². The number of hydrogen-bond donors (Lipinski definition) is 0. The number of hydrogen-bond acceptors (Lipinski definition) is 4. The Morgan fingerprint density at radius 1 is 1.00 bits per heavy atom. The third-order valence-corrected chi connectivity index (χ3v) is 5.45. The predicted molar refractivity (Wildman–Crippen MR) is 108 cm³/mol. The molecule has 0 saturated heterocycles. The van der Waals surface area contributed by atoms with E-state index in [1.165, 1.54) is 16.7 Å². The number of nitrogens with zero attached hydrogens (tertiary/aromatic N) is 3. The molecule has 3 rings (SSSR count). The first-order valence-corrected chi connectivity index (χ1v) is 9.83. The maximum atomic E-state index is 5.92. The van der Waals surface area contributed by atoms with Crippen LogP contribution in [0.2, 0.25) is 0 Å². The van der Waals surface area contributed by atoms with E-state index < -0.39 is 0 Å². The van der Waals surface area contributed by atoms with Gasteiger partial charge in [0.15, 0.2) is 11.0 Å². The van der Waals surface area contributed by atoms with E-state index in [1.54, 1.807) is 11.8 Å². The highest BCUT2D eigenvalue weighted by molar-refractivity contribution is 7.99. The molecule has 0 saturated carbocycles. The number of aryl methyl sites for hydroxylation is 3. The van der Waals surface area contributed by atoms with E-state index in [0.29, 0.717) is 6.61 Å². The van der Waals surface area contributed by atoms with Crippen molar-refractivity contribution in [2.75, 3.05) is 12.4 Å². The molecule has 0 amide bonds. The van der Waals surface area contributed by atoms with Gasteiger partial charge < -0.3 is 9.30 Å². The van der Waals surface area contributed by atoms with Crippen molar-refractivity contribution in [2.24, 2.45) is 7.05 Å². The van der Waals surface area contributed by atoms with Crippen LogP contribution in [0.4, 0.5) is 0 Å². The molecule has 0 bridgehead atoms. The largest absolute Gasteiger partial charge is 0.493 e. The maximum Gasteiger partial charge on any atom is 0.191 e. The first-order chi connectivity index (χ1) is 12.6. The lowest BCUT2D eigenvalue weighted by Crippen LogP contribution is -2.01. The van der Waals surface area contributed by atoms with Gasteiger partial charge in [0.2, 0.25) is 0 Å². The summed E-state index contributed by atoms with van der Waals surface area (Å²) in [5, 5.41) is 9.67. The van der Waals surface area contributed by atoms with E-state index in [2.05, 4.69) is 65.9 Å². The van der Waals surface area contributed by atoms with Gasteiger partial charge in [-0.3, -0.25) is 0 Å². The molecule has 2 aromatic carbocycles. The van der Waals surface area contributed by atoms with Crippen LogP contribution in [0.5, 0.6) is 5.75 Å². The molecule has 0 aliphatic rings. The summed E-state index contributed by atoms with van der Waals surface area (Å²) in [5.41, 5.74) is 4.75. The lowest BCUT2D eigenvalue weighted by Gasteiger charge is -2.10. The molecule has 0 radical (unpaired) electrons. The Kier molecular flexibility index (Phi) is 5.99. The van der Waals surface area contributed by atoms with Gasteiger partial charge in [-0.25, -0.2) is 0 Å². The van der Waals surface area contributed by atoms with E-state index >= 15 is 0 Å². The van der Waals surface area contributed by atoms with Crippen molar-refractivity contribution in [3.63, 3.8) is 0 Å². The number of rotatable bonds is 7. The number of thioether (sulfide) groups is 1. The maximum absolute atomic E-state index is 5.92. The average Bonchev–Trinajstić information content (AvgIpc) is 2.99. The van der Waals surface area contributed by atoms with Crippen molar-refractivity contribution in [2.45, 2.75) is 32.3 Å². The molecule has 0 atom stereocenters. The highest BCUT2D eigenvalue weighted by Gasteiger charge is 2.12. The zero-order valence-electron chi connectivity index (χ0n) is 15.8. The molecule has 0 spiro atoms. The predicted octanol–water partition coefficient (Wildman–Crippen LogP) is 4.97. The first-order valence-electron chi connectivity index (χ1n) is 8.84. The molecule has 0 N–H and O–H groups in total. The summed E-state index contributed by atoms with van der Waals surface area (Å²) in [6, 6.07) is 14.6. The van der Waals surface area contributed by atoms with Crippen LogP contribution in [0.3, 0.4) is 0 Å². The number of benzene rings is 2. The molecule has 0 aliphatic heterocycles.